The van der Waals surface area contributed by atoms with Gasteiger partial charge in [0.2, 0.25) is 0 Å². The maximum absolute atomic E-state index is 13.7. The molecule has 2 aliphatic rings. The lowest BCUT2D eigenvalue weighted by atomic mass is 9.94. The van der Waals surface area contributed by atoms with Gasteiger partial charge in [-0.3, -0.25) is 4.90 Å². The van der Waals surface area contributed by atoms with Crippen molar-refractivity contribution in [3.05, 3.63) is 35.4 Å². The van der Waals surface area contributed by atoms with E-state index in [1.54, 1.807) is 12.1 Å². The third-order valence-electron chi connectivity index (χ3n) is 4.44. The molecule has 0 unspecified atom stereocenters. The van der Waals surface area contributed by atoms with Crippen LogP contribution in [0, 0.1) is 11.6 Å². The Balaban J connectivity index is 1.71. The summed E-state index contributed by atoms with van der Waals surface area (Å²) in [5.41, 5.74) is 0.692. The molecule has 0 radical (unpaired) electrons. The first-order valence-electron chi connectivity index (χ1n) is 7.09. The molecule has 1 spiro atoms. The molecular formula is C15H20F2N2. The van der Waals surface area contributed by atoms with Crippen LogP contribution >= 0.6 is 0 Å². The Morgan fingerprint density at radius 1 is 1.21 bits per heavy atom. The fourth-order valence-corrected chi connectivity index (χ4v) is 3.48. The maximum atomic E-state index is 13.7. The van der Waals surface area contributed by atoms with Crippen molar-refractivity contribution in [3.8, 4) is 0 Å². The summed E-state index contributed by atoms with van der Waals surface area (Å²) in [5, 5.41) is 3.63. The number of halogens is 2. The minimum Gasteiger partial charge on any atom is -0.309 e. The van der Waals surface area contributed by atoms with Crippen LogP contribution in [0.2, 0.25) is 0 Å². The molecule has 1 heterocycles. The van der Waals surface area contributed by atoms with Crippen LogP contribution < -0.4 is 5.32 Å². The van der Waals surface area contributed by atoms with E-state index in [9.17, 15) is 8.78 Å². The maximum Gasteiger partial charge on any atom is 0.163 e. The fourth-order valence-electron chi connectivity index (χ4n) is 3.48. The zero-order valence-electron chi connectivity index (χ0n) is 11.1. The van der Waals surface area contributed by atoms with Gasteiger partial charge in [-0.05, 0) is 18.9 Å². The molecule has 2 nitrogen and oxygen atoms in total. The molecule has 0 aromatic heterocycles. The quantitative estimate of drug-likeness (QED) is 0.885. The van der Waals surface area contributed by atoms with Gasteiger partial charge in [0.25, 0.3) is 0 Å². The molecule has 0 atom stereocenters. The van der Waals surface area contributed by atoms with Crippen molar-refractivity contribution in [2.45, 2.75) is 37.8 Å². The highest BCUT2D eigenvalue weighted by molar-refractivity contribution is 5.19. The van der Waals surface area contributed by atoms with Crippen LogP contribution in [0.15, 0.2) is 18.2 Å². The fraction of sp³-hybridized carbons (Fsp3) is 0.600. The third-order valence-corrected chi connectivity index (χ3v) is 4.44. The molecule has 1 saturated carbocycles. The Bertz CT molecular complexity index is 455. The lowest BCUT2D eigenvalue weighted by molar-refractivity contribution is 0.127. The molecular weight excluding hydrogens is 246 g/mol. The SMILES string of the molecule is Fc1cccc(CN2CCNC3(CCCC3)C2)c1F. The number of hydrogen-bond donors (Lipinski definition) is 1. The molecule has 1 aliphatic carbocycles. The summed E-state index contributed by atoms with van der Waals surface area (Å²) in [6, 6.07) is 4.44. The van der Waals surface area contributed by atoms with Crippen LogP contribution in [0.4, 0.5) is 8.78 Å². The van der Waals surface area contributed by atoms with Gasteiger partial charge in [-0.1, -0.05) is 25.0 Å². The molecule has 1 saturated heterocycles. The second-order valence-electron chi connectivity index (χ2n) is 5.84. The van der Waals surface area contributed by atoms with E-state index in [2.05, 4.69) is 10.2 Å². The van der Waals surface area contributed by atoms with Crippen molar-refractivity contribution in [3.63, 3.8) is 0 Å². The number of rotatable bonds is 2. The first kappa shape index (κ1) is 13.0. The van der Waals surface area contributed by atoms with Gasteiger partial charge in [-0.2, -0.15) is 0 Å². The number of hydrogen-bond acceptors (Lipinski definition) is 2. The Labute approximate surface area is 112 Å². The highest BCUT2D eigenvalue weighted by Gasteiger charge is 2.37. The monoisotopic (exact) mass is 266 g/mol. The van der Waals surface area contributed by atoms with Crippen molar-refractivity contribution in [1.82, 2.24) is 10.2 Å². The van der Waals surface area contributed by atoms with E-state index in [1.807, 2.05) is 0 Å². The molecule has 3 rings (SSSR count). The summed E-state index contributed by atoms with van der Waals surface area (Å²) >= 11 is 0. The average Bonchev–Trinajstić information content (AvgIpc) is 2.83. The molecule has 2 fully saturated rings. The van der Waals surface area contributed by atoms with Crippen molar-refractivity contribution in [2.24, 2.45) is 0 Å². The largest absolute Gasteiger partial charge is 0.309 e. The molecule has 104 valence electrons. The van der Waals surface area contributed by atoms with Crippen molar-refractivity contribution in [2.75, 3.05) is 19.6 Å². The van der Waals surface area contributed by atoms with Gasteiger partial charge in [-0.25, -0.2) is 8.78 Å². The van der Waals surface area contributed by atoms with E-state index in [0.29, 0.717) is 12.1 Å². The average molecular weight is 266 g/mol. The van der Waals surface area contributed by atoms with Crippen LogP contribution in [0.3, 0.4) is 0 Å². The van der Waals surface area contributed by atoms with Crippen molar-refractivity contribution in [1.29, 1.82) is 0 Å². The van der Waals surface area contributed by atoms with Crippen LogP contribution in [-0.4, -0.2) is 30.1 Å². The van der Waals surface area contributed by atoms with E-state index < -0.39 is 11.6 Å². The Hall–Kier alpha value is -1.00. The topological polar surface area (TPSA) is 15.3 Å². The Kier molecular flexibility index (Phi) is 3.54. The summed E-state index contributed by atoms with van der Waals surface area (Å²) in [4.78, 5) is 2.25. The summed E-state index contributed by atoms with van der Waals surface area (Å²) in [6.45, 7) is 3.30. The highest BCUT2D eigenvalue weighted by Crippen LogP contribution is 2.32. The first-order valence-corrected chi connectivity index (χ1v) is 7.09. The van der Waals surface area contributed by atoms with Gasteiger partial charge >= 0.3 is 0 Å². The van der Waals surface area contributed by atoms with Crippen LogP contribution in [0.5, 0.6) is 0 Å². The van der Waals surface area contributed by atoms with E-state index in [-0.39, 0.29) is 5.54 Å². The molecule has 0 amide bonds. The molecule has 19 heavy (non-hydrogen) atoms. The second kappa shape index (κ2) is 5.17. The Morgan fingerprint density at radius 2 is 2.00 bits per heavy atom. The predicted molar refractivity (Wildman–Crippen MR) is 70.8 cm³/mol. The summed E-state index contributed by atoms with van der Waals surface area (Å²) in [6.07, 6.45) is 4.95. The minimum absolute atomic E-state index is 0.224. The van der Waals surface area contributed by atoms with Crippen LogP contribution in [0.25, 0.3) is 0 Å². The number of benzene rings is 1. The standard InChI is InChI=1S/C15H20F2N2/c16-13-5-3-4-12(14(13)17)10-19-9-8-18-15(11-19)6-1-2-7-15/h3-5,18H,1-2,6-11H2. The zero-order chi connectivity index (χ0) is 13.3. The highest BCUT2D eigenvalue weighted by atomic mass is 19.2. The third kappa shape index (κ3) is 2.65. The number of piperazine rings is 1. The molecule has 0 bridgehead atoms. The zero-order valence-corrected chi connectivity index (χ0v) is 11.1. The molecule has 1 aliphatic heterocycles. The van der Waals surface area contributed by atoms with Crippen LogP contribution in [-0.2, 0) is 6.54 Å². The van der Waals surface area contributed by atoms with Gasteiger partial charge in [0.1, 0.15) is 0 Å². The lowest BCUT2D eigenvalue weighted by Gasteiger charge is -2.41. The Morgan fingerprint density at radius 3 is 2.79 bits per heavy atom. The normalized spacial score (nSPS) is 23.1. The second-order valence-corrected chi connectivity index (χ2v) is 5.84. The number of nitrogens with zero attached hydrogens (tertiary/aromatic N) is 1. The van der Waals surface area contributed by atoms with E-state index in [0.717, 1.165) is 19.6 Å². The predicted octanol–water partition coefficient (Wildman–Crippen LogP) is 2.68. The van der Waals surface area contributed by atoms with E-state index in [1.165, 1.54) is 31.7 Å². The first-order chi connectivity index (χ1) is 9.19. The molecule has 1 aromatic carbocycles. The molecule has 1 aromatic rings. The van der Waals surface area contributed by atoms with Crippen LogP contribution in [0.1, 0.15) is 31.2 Å². The van der Waals surface area contributed by atoms with Gasteiger partial charge in [0.05, 0.1) is 0 Å². The summed E-state index contributed by atoms with van der Waals surface area (Å²) in [7, 11) is 0. The van der Waals surface area contributed by atoms with Crippen molar-refractivity contribution >= 4 is 0 Å². The molecule has 1 N–H and O–H groups in total. The lowest BCUT2D eigenvalue weighted by Crippen LogP contribution is -2.58. The van der Waals surface area contributed by atoms with Gasteiger partial charge < -0.3 is 5.32 Å². The van der Waals surface area contributed by atoms with Gasteiger partial charge in [0.15, 0.2) is 11.6 Å². The van der Waals surface area contributed by atoms with Crippen molar-refractivity contribution < 1.29 is 8.78 Å². The number of nitrogens with one attached hydrogen (secondary N) is 1. The van der Waals surface area contributed by atoms with E-state index >= 15 is 0 Å². The smallest absolute Gasteiger partial charge is 0.163 e. The minimum atomic E-state index is -0.747. The van der Waals surface area contributed by atoms with Gasteiger partial charge in [-0.15, -0.1) is 0 Å². The summed E-state index contributed by atoms with van der Waals surface area (Å²) < 4.78 is 26.9. The van der Waals surface area contributed by atoms with Gasteiger partial charge in [0, 0.05) is 37.3 Å². The summed E-state index contributed by atoms with van der Waals surface area (Å²) in [5.74, 6) is -1.44. The molecule has 4 heteroatoms. The van der Waals surface area contributed by atoms with E-state index in [4.69, 9.17) is 0 Å².